The Labute approximate surface area is 235 Å². The Hall–Kier alpha value is -1.96. The number of benzene rings is 2. The van der Waals surface area contributed by atoms with Gasteiger partial charge in [-0.3, -0.25) is 9.36 Å². The summed E-state index contributed by atoms with van der Waals surface area (Å²) >= 11 is 10.1. The lowest BCUT2D eigenvalue weighted by molar-refractivity contribution is -0.139. The molecule has 11 heteroatoms. The van der Waals surface area contributed by atoms with Gasteiger partial charge >= 0.3 is 5.97 Å². The lowest BCUT2D eigenvalue weighted by Gasteiger charge is -2.26. The van der Waals surface area contributed by atoms with Gasteiger partial charge in [-0.25, -0.2) is 9.79 Å². The maximum absolute atomic E-state index is 13.8. The molecule has 4 rings (SSSR count). The SMILES string of the molecule is CCOC(=O)C1=C(C)N=c2s/c(=C\c3cc(Br)cc(I)c3O)c(=O)n2[C@H]1c1cc(Br)ccc1OC. The third-order valence-electron chi connectivity index (χ3n) is 5.35. The number of methoxy groups -OCH3 is 1. The molecule has 1 atom stereocenters. The van der Waals surface area contributed by atoms with Crippen LogP contribution >= 0.6 is 65.8 Å². The molecule has 1 aliphatic heterocycles. The van der Waals surface area contributed by atoms with Crippen LogP contribution in [0.2, 0.25) is 0 Å². The number of thiazole rings is 1. The van der Waals surface area contributed by atoms with Crippen LogP contribution in [0.5, 0.6) is 11.5 Å². The molecule has 0 aliphatic carbocycles. The van der Waals surface area contributed by atoms with Gasteiger partial charge in [0, 0.05) is 20.1 Å². The van der Waals surface area contributed by atoms with E-state index in [0.717, 1.165) is 8.95 Å². The number of phenols is 1. The average Bonchev–Trinajstić information content (AvgIpc) is 3.10. The van der Waals surface area contributed by atoms with Crippen molar-refractivity contribution < 1.29 is 19.4 Å². The van der Waals surface area contributed by atoms with Crippen molar-refractivity contribution in [3.8, 4) is 11.5 Å². The molecule has 2 heterocycles. The molecule has 2 aromatic carbocycles. The maximum atomic E-state index is 13.8. The molecule has 1 aromatic heterocycles. The van der Waals surface area contributed by atoms with Gasteiger partial charge in [-0.1, -0.05) is 43.2 Å². The number of fused-ring (bicyclic) bond motifs is 1. The van der Waals surface area contributed by atoms with Crippen molar-refractivity contribution in [2.75, 3.05) is 13.7 Å². The largest absolute Gasteiger partial charge is 0.506 e. The highest BCUT2D eigenvalue weighted by molar-refractivity contribution is 14.1. The van der Waals surface area contributed by atoms with Crippen LogP contribution in [0.15, 0.2) is 60.3 Å². The molecule has 0 fully saturated rings. The first-order valence-corrected chi connectivity index (χ1v) is 13.9. The van der Waals surface area contributed by atoms with E-state index in [1.54, 1.807) is 38.1 Å². The summed E-state index contributed by atoms with van der Waals surface area (Å²) in [4.78, 5) is 31.8. The summed E-state index contributed by atoms with van der Waals surface area (Å²) in [5.41, 5.74) is 1.49. The normalized spacial score (nSPS) is 15.6. The second-order valence-corrected chi connectivity index (χ2v) is 11.5. The molecule has 3 aromatic rings. The number of aromatic hydroxyl groups is 1. The number of aromatic nitrogens is 1. The average molecular weight is 734 g/mol. The molecular formula is C24H19Br2IN2O5S. The third kappa shape index (κ3) is 5.00. The van der Waals surface area contributed by atoms with Gasteiger partial charge in [0.1, 0.15) is 17.5 Å². The van der Waals surface area contributed by atoms with Crippen molar-refractivity contribution in [1.29, 1.82) is 0 Å². The van der Waals surface area contributed by atoms with E-state index in [1.807, 2.05) is 34.7 Å². The molecule has 0 saturated carbocycles. The lowest BCUT2D eigenvalue weighted by atomic mass is 9.95. The van der Waals surface area contributed by atoms with Crippen molar-refractivity contribution in [3.63, 3.8) is 0 Å². The van der Waals surface area contributed by atoms with E-state index in [4.69, 9.17) is 9.47 Å². The number of hydrogen-bond donors (Lipinski definition) is 1. The number of halogens is 3. The number of rotatable bonds is 5. The van der Waals surface area contributed by atoms with E-state index in [2.05, 4.69) is 36.9 Å². The van der Waals surface area contributed by atoms with Crippen molar-refractivity contribution in [3.05, 3.63) is 84.9 Å². The highest BCUT2D eigenvalue weighted by Crippen LogP contribution is 2.37. The fourth-order valence-corrected chi connectivity index (χ4v) is 6.81. The first kappa shape index (κ1) is 26.1. The summed E-state index contributed by atoms with van der Waals surface area (Å²) in [5.74, 6) is 0.0472. The molecule has 0 spiro atoms. The molecule has 35 heavy (non-hydrogen) atoms. The topological polar surface area (TPSA) is 90.1 Å². The Morgan fingerprint density at radius 3 is 2.71 bits per heavy atom. The van der Waals surface area contributed by atoms with Gasteiger partial charge in [0.25, 0.3) is 5.56 Å². The molecular weight excluding hydrogens is 715 g/mol. The van der Waals surface area contributed by atoms with Crippen LogP contribution in [0, 0.1) is 3.57 Å². The quantitative estimate of drug-likeness (QED) is 0.305. The molecule has 1 N–H and O–H groups in total. The summed E-state index contributed by atoms with van der Waals surface area (Å²) in [6.07, 6.45) is 1.63. The molecule has 0 saturated heterocycles. The number of phenolic OH excluding ortho intramolecular Hbond substituents is 1. The Balaban J connectivity index is 2.04. The zero-order valence-electron chi connectivity index (χ0n) is 18.8. The Bertz CT molecular complexity index is 1560. The van der Waals surface area contributed by atoms with Crippen LogP contribution in [0.25, 0.3) is 6.08 Å². The second-order valence-electron chi connectivity index (χ2n) is 7.51. The van der Waals surface area contributed by atoms with Gasteiger partial charge < -0.3 is 14.6 Å². The highest BCUT2D eigenvalue weighted by atomic mass is 127. The van der Waals surface area contributed by atoms with Crippen LogP contribution in [0.4, 0.5) is 0 Å². The van der Waals surface area contributed by atoms with Gasteiger partial charge in [0.15, 0.2) is 4.80 Å². The molecule has 7 nitrogen and oxygen atoms in total. The van der Waals surface area contributed by atoms with Crippen LogP contribution in [0.1, 0.15) is 31.0 Å². The standard InChI is InChI=1S/C24H19Br2IN2O5S/c1-4-34-23(32)19-11(2)28-24-29(20(19)15-9-13(25)5-6-17(15)33-3)22(31)18(35-24)8-12-7-14(26)10-16(27)21(12)30/h5-10,20,30H,4H2,1-3H3/b18-8-/t20-/m0/s1. The lowest BCUT2D eigenvalue weighted by Crippen LogP contribution is -2.40. The maximum Gasteiger partial charge on any atom is 0.338 e. The first-order valence-electron chi connectivity index (χ1n) is 10.4. The van der Waals surface area contributed by atoms with Crippen molar-refractivity contribution in [1.82, 2.24) is 4.57 Å². The Kier molecular flexibility index (Phi) is 7.89. The zero-order chi connectivity index (χ0) is 25.4. The minimum atomic E-state index is -0.809. The summed E-state index contributed by atoms with van der Waals surface area (Å²) in [7, 11) is 1.54. The summed E-state index contributed by atoms with van der Waals surface area (Å²) in [6.45, 7) is 3.63. The number of hydrogen-bond acceptors (Lipinski definition) is 7. The predicted molar refractivity (Wildman–Crippen MR) is 150 cm³/mol. The Morgan fingerprint density at radius 2 is 2.03 bits per heavy atom. The van der Waals surface area contributed by atoms with Crippen LogP contribution < -0.4 is 19.6 Å². The number of nitrogens with zero attached hydrogens (tertiary/aromatic N) is 2. The minimum absolute atomic E-state index is 0.0771. The van der Waals surface area contributed by atoms with Gasteiger partial charge in [0.05, 0.1) is 33.1 Å². The number of carbonyl (C=O) groups is 1. The van der Waals surface area contributed by atoms with Crippen LogP contribution in [-0.4, -0.2) is 29.4 Å². The number of allylic oxidation sites excluding steroid dienone is 1. The smallest absolute Gasteiger partial charge is 0.338 e. The fourth-order valence-electron chi connectivity index (χ4n) is 3.84. The fraction of sp³-hybridized carbons (Fsp3) is 0.208. The van der Waals surface area contributed by atoms with Gasteiger partial charge in [-0.05, 0) is 72.8 Å². The molecule has 0 amide bonds. The van der Waals surface area contributed by atoms with Gasteiger partial charge in [0.2, 0.25) is 0 Å². The zero-order valence-corrected chi connectivity index (χ0v) is 24.9. The van der Waals surface area contributed by atoms with Crippen LogP contribution in [0.3, 0.4) is 0 Å². The van der Waals surface area contributed by atoms with E-state index in [9.17, 15) is 14.7 Å². The van der Waals surface area contributed by atoms with Gasteiger partial charge in [-0.2, -0.15) is 0 Å². The van der Waals surface area contributed by atoms with E-state index in [0.29, 0.717) is 35.5 Å². The molecule has 0 radical (unpaired) electrons. The minimum Gasteiger partial charge on any atom is -0.506 e. The van der Waals surface area contributed by atoms with Crippen molar-refractivity contribution in [2.45, 2.75) is 19.9 Å². The molecule has 182 valence electrons. The monoisotopic (exact) mass is 732 g/mol. The van der Waals surface area contributed by atoms with Gasteiger partial charge in [-0.15, -0.1) is 0 Å². The van der Waals surface area contributed by atoms with Crippen molar-refractivity contribution in [2.24, 2.45) is 4.99 Å². The van der Waals surface area contributed by atoms with E-state index in [1.165, 1.54) is 23.0 Å². The van der Waals surface area contributed by atoms with Crippen LogP contribution in [-0.2, 0) is 9.53 Å². The predicted octanol–water partition coefficient (Wildman–Crippen LogP) is 4.64. The summed E-state index contributed by atoms with van der Waals surface area (Å²) in [6, 6.07) is 8.12. The molecule has 0 bridgehead atoms. The van der Waals surface area contributed by atoms with E-state index >= 15 is 0 Å². The summed E-state index contributed by atoms with van der Waals surface area (Å²) < 4.78 is 15.0. The number of ether oxygens (including phenoxy) is 2. The first-order chi connectivity index (χ1) is 16.7. The third-order valence-corrected chi connectivity index (χ3v) is 8.10. The highest BCUT2D eigenvalue weighted by Gasteiger charge is 2.35. The van der Waals surface area contributed by atoms with E-state index in [-0.39, 0.29) is 23.5 Å². The number of carbonyl (C=O) groups excluding carboxylic acids is 1. The number of esters is 1. The second kappa shape index (κ2) is 10.6. The molecule has 1 aliphatic rings. The van der Waals surface area contributed by atoms with E-state index < -0.39 is 12.0 Å². The Morgan fingerprint density at radius 1 is 1.29 bits per heavy atom. The van der Waals surface area contributed by atoms with Crippen molar-refractivity contribution >= 4 is 77.8 Å². The summed E-state index contributed by atoms with van der Waals surface area (Å²) in [5, 5.41) is 10.5. The molecule has 0 unspecified atom stereocenters.